The summed E-state index contributed by atoms with van der Waals surface area (Å²) in [7, 11) is 0. The summed E-state index contributed by atoms with van der Waals surface area (Å²) in [5, 5.41) is 9.20. The molecule has 0 amide bonds. The number of rotatable bonds is 1. The van der Waals surface area contributed by atoms with Crippen LogP contribution in [-0.2, 0) is 14.3 Å². The highest BCUT2D eigenvalue weighted by atomic mass is 16.6. The molecule has 5 heteroatoms. The van der Waals surface area contributed by atoms with Crippen molar-refractivity contribution in [1.82, 2.24) is 0 Å². The number of nitrogens with zero attached hydrogens (tertiary/aromatic N) is 1. The second-order valence-electron chi connectivity index (χ2n) is 4.90. The molecule has 0 radical (unpaired) electrons. The van der Waals surface area contributed by atoms with Gasteiger partial charge in [0.1, 0.15) is 17.9 Å². The molecule has 0 saturated heterocycles. The lowest BCUT2D eigenvalue weighted by Gasteiger charge is -2.37. The maximum absolute atomic E-state index is 12.2. The first-order valence-corrected chi connectivity index (χ1v) is 6.55. The molecule has 0 aromatic rings. The minimum Gasteiger partial charge on any atom is -0.454 e. The van der Waals surface area contributed by atoms with Gasteiger partial charge in [-0.05, 0) is 12.5 Å². The number of hydrogen-bond donors (Lipinski definition) is 1. The van der Waals surface area contributed by atoms with Crippen LogP contribution in [0.15, 0.2) is 47.1 Å². The molecule has 1 aliphatic carbocycles. The van der Waals surface area contributed by atoms with E-state index in [1.807, 2.05) is 37.3 Å². The van der Waals surface area contributed by atoms with E-state index in [4.69, 9.17) is 15.2 Å². The molecule has 2 N–H and O–H groups in total. The Morgan fingerprint density at radius 2 is 2.15 bits per heavy atom. The molecule has 0 aromatic heterocycles. The fourth-order valence-corrected chi connectivity index (χ4v) is 2.87. The van der Waals surface area contributed by atoms with Crippen LogP contribution < -0.4 is 5.73 Å². The topological polar surface area (TPSA) is 85.3 Å². The van der Waals surface area contributed by atoms with Gasteiger partial charge in [0.2, 0.25) is 5.88 Å². The molecule has 102 valence electrons. The average Bonchev–Trinajstić information content (AvgIpc) is 2.46. The Hall–Kier alpha value is -2.48. The summed E-state index contributed by atoms with van der Waals surface area (Å²) in [6, 6.07) is 2.04. The number of fused-ring (bicyclic) bond motifs is 2. The van der Waals surface area contributed by atoms with Crippen LogP contribution >= 0.6 is 0 Å². The van der Waals surface area contributed by atoms with Crippen LogP contribution in [0.5, 0.6) is 0 Å². The largest absolute Gasteiger partial charge is 0.454 e. The van der Waals surface area contributed by atoms with Crippen LogP contribution in [0.2, 0.25) is 0 Å². The highest BCUT2D eigenvalue weighted by Crippen LogP contribution is 2.42. The number of nitriles is 1. The third-order valence-electron chi connectivity index (χ3n) is 3.83. The highest BCUT2D eigenvalue weighted by molar-refractivity contribution is 5.92. The number of nitrogens with two attached hydrogens (primary N) is 1. The molecular weight excluding hydrogens is 256 g/mol. The Balaban J connectivity index is 2.11. The van der Waals surface area contributed by atoms with Crippen LogP contribution in [0, 0.1) is 23.2 Å². The standard InChI is InChI=1S/C15H14N2O3/c1-2-8-10(7-16)14(17)20-13-9-5-3-4-6-11(9)19-15(18)12(8)13/h3-6,8-9,11H,2,17H2,1H3/t8-,9+,11+/m1/s1. The maximum atomic E-state index is 12.2. The molecular formula is C15H14N2O3. The molecule has 0 unspecified atom stereocenters. The van der Waals surface area contributed by atoms with E-state index in [0.717, 1.165) is 0 Å². The molecule has 2 heterocycles. The Kier molecular flexibility index (Phi) is 2.87. The van der Waals surface area contributed by atoms with Gasteiger partial charge in [-0.2, -0.15) is 5.26 Å². The number of ether oxygens (including phenoxy) is 2. The Morgan fingerprint density at radius 3 is 2.85 bits per heavy atom. The van der Waals surface area contributed by atoms with Gasteiger partial charge >= 0.3 is 5.97 Å². The predicted octanol–water partition coefficient (Wildman–Crippen LogP) is 1.66. The van der Waals surface area contributed by atoms with Crippen molar-refractivity contribution in [3.8, 4) is 6.07 Å². The van der Waals surface area contributed by atoms with E-state index in [1.54, 1.807) is 0 Å². The quantitative estimate of drug-likeness (QED) is 0.732. The average molecular weight is 270 g/mol. The second-order valence-corrected chi connectivity index (χ2v) is 4.90. The zero-order valence-electron chi connectivity index (χ0n) is 11.0. The molecule has 0 aromatic carbocycles. The third kappa shape index (κ3) is 1.65. The van der Waals surface area contributed by atoms with Gasteiger partial charge in [0.25, 0.3) is 0 Å². The van der Waals surface area contributed by atoms with Crippen molar-refractivity contribution in [3.63, 3.8) is 0 Å². The lowest BCUT2D eigenvalue weighted by Crippen LogP contribution is -2.39. The summed E-state index contributed by atoms with van der Waals surface area (Å²) in [5.41, 5.74) is 6.57. The molecule has 0 spiro atoms. The van der Waals surface area contributed by atoms with Crippen LogP contribution in [0.3, 0.4) is 0 Å². The van der Waals surface area contributed by atoms with Gasteiger partial charge in [0, 0.05) is 5.92 Å². The van der Waals surface area contributed by atoms with E-state index >= 15 is 0 Å². The Morgan fingerprint density at radius 1 is 1.40 bits per heavy atom. The van der Waals surface area contributed by atoms with E-state index in [1.165, 1.54) is 0 Å². The third-order valence-corrected chi connectivity index (χ3v) is 3.83. The molecule has 0 saturated carbocycles. The predicted molar refractivity (Wildman–Crippen MR) is 70.4 cm³/mol. The Bertz CT molecular complexity index is 634. The summed E-state index contributed by atoms with van der Waals surface area (Å²) in [6.45, 7) is 1.90. The zero-order chi connectivity index (χ0) is 14.3. The first-order chi connectivity index (χ1) is 9.67. The van der Waals surface area contributed by atoms with Crippen LogP contribution in [0.25, 0.3) is 0 Å². The highest BCUT2D eigenvalue weighted by Gasteiger charge is 2.44. The summed E-state index contributed by atoms with van der Waals surface area (Å²) < 4.78 is 11.0. The van der Waals surface area contributed by atoms with Gasteiger partial charge in [0.05, 0.1) is 17.1 Å². The van der Waals surface area contributed by atoms with E-state index in [0.29, 0.717) is 23.3 Å². The minimum absolute atomic E-state index is 0.0921. The van der Waals surface area contributed by atoms with Gasteiger partial charge in [-0.15, -0.1) is 0 Å². The SMILES string of the molecule is CC[C@@H]1C(C#N)=C(N)OC2=C1C(=O)O[C@H]1C=CC=C[C@H]21. The molecule has 0 bridgehead atoms. The smallest absolute Gasteiger partial charge is 0.338 e. The number of allylic oxidation sites excluding steroid dienone is 3. The lowest BCUT2D eigenvalue weighted by molar-refractivity contribution is -0.147. The molecule has 0 fully saturated rings. The molecule has 2 aliphatic heterocycles. The van der Waals surface area contributed by atoms with Crippen molar-refractivity contribution in [2.24, 2.45) is 17.6 Å². The fraction of sp³-hybridized carbons (Fsp3) is 0.333. The molecule has 3 atom stereocenters. The first-order valence-electron chi connectivity index (χ1n) is 6.55. The van der Waals surface area contributed by atoms with Gasteiger partial charge in [-0.1, -0.05) is 25.2 Å². The normalized spacial score (nSPS) is 31.2. The van der Waals surface area contributed by atoms with Crippen molar-refractivity contribution in [1.29, 1.82) is 5.26 Å². The van der Waals surface area contributed by atoms with Crippen molar-refractivity contribution in [2.45, 2.75) is 19.4 Å². The molecule has 3 rings (SSSR count). The van der Waals surface area contributed by atoms with Crippen molar-refractivity contribution in [3.05, 3.63) is 47.1 Å². The minimum atomic E-state index is -0.423. The molecule has 20 heavy (non-hydrogen) atoms. The van der Waals surface area contributed by atoms with Gasteiger partial charge in [-0.25, -0.2) is 4.79 Å². The van der Waals surface area contributed by atoms with Gasteiger partial charge in [0.15, 0.2) is 0 Å². The number of carbonyl (C=O) groups is 1. The lowest BCUT2D eigenvalue weighted by atomic mass is 9.80. The van der Waals surface area contributed by atoms with Crippen molar-refractivity contribution >= 4 is 5.97 Å². The zero-order valence-corrected chi connectivity index (χ0v) is 11.0. The molecule has 5 nitrogen and oxygen atoms in total. The van der Waals surface area contributed by atoms with Crippen LogP contribution in [0.4, 0.5) is 0 Å². The molecule has 3 aliphatic rings. The Labute approximate surface area is 116 Å². The summed E-state index contributed by atoms with van der Waals surface area (Å²) in [6.07, 6.45) is 7.69. The van der Waals surface area contributed by atoms with E-state index in [9.17, 15) is 10.1 Å². The van der Waals surface area contributed by atoms with Gasteiger partial charge in [-0.3, -0.25) is 0 Å². The summed E-state index contributed by atoms with van der Waals surface area (Å²) in [4.78, 5) is 12.2. The van der Waals surface area contributed by atoms with E-state index in [-0.39, 0.29) is 23.8 Å². The maximum Gasteiger partial charge on any atom is 0.338 e. The number of esters is 1. The number of hydrogen-bond acceptors (Lipinski definition) is 5. The first kappa shape index (κ1) is 12.5. The summed E-state index contributed by atoms with van der Waals surface area (Å²) >= 11 is 0. The van der Waals surface area contributed by atoms with E-state index < -0.39 is 5.97 Å². The summed E-state index contributed by atoms with van der Waals surface area (Å²) in [5.74, 6) is -0.324. The van der Waals surface area contributed by atoms with E-state index in [2.05, 4.69) is 0 Å². The second kappa shape index (κ2) is 4.57. The van der Waals surface area contributed by atoms with Crippen LogP contribution in [-0.4, -0.2) is 12.1 Å². The van der Waals surface area contributed by atoms with Crippen molar-refractivity contribution < 1.29 is 14.3 Å². The monoisotopic (exact) mass is 270 g/mol. The number of carbonyl (C=O) groups excluding carboxylic acids is 1. The van der Waals surface area contributed by atoms with Crippen LogP contribution in [0.1, 0.15) is 13.3 Å². The van der Waals surface area contributed by atoms with Crippen molar-refractivity contribution in [2.75, 3.05) is 0 Å². The van der Waals surface area contributed by atoms with Gasteiger partial charge < -0.3 is 15.2 Å². The fourth-order valence-electron chi connectivity index (χ4n) is 2.87.